The Morgan fingerprint density at radius 2 is 1.62 bits per heavy atom. The van der Waals surface area contributed by atoms with Crippen molar-refractivity contribution in [3.8, 4) is 5.75 Å². The Morgan fingerprint density at radius 3 is 2.21 bits per heavy atom. The molecule has 1 aliphatic heterocycles. The molecule has 2 aromatic carbocycles. The summed E-state index contributed by atoms with van der Waals surface area (Å²) in [6.07, 6.45) is 2.26. The molecule has 0 radical (unpaired) electrons. The molecule has 0 bridgehead atoms. The second kappa shape index (κ2) is 9.09. The third kappa shape index (κ3) is 6.32. The van der Waals surface area contributed by atoms with Crippen LogP contribution in [0.4, 0.5) is 5.69 Å². The summed E-state index contributed by atoms with van der Waals surface area (Å²) in [5.74, 6) is 0.350. The molecule has 0 saturated carbocycles. The van der Waals surface area contributed by atoms with E-state index in [4.69, 9.17) is 9.47 Å². The monoisotopic (exact) mass is 396 g/mol. The van der Waals surface area contributed by atoms with Gasteiger partial charge in [-0.15, -0.1) is 0 Å². The smallest absolute Gasteiger partial charge is 0.255 e. The van der Waals surface area contributed by atoms with Crippen molar-refractivity contribution in [1.29, 1.82) is 0 Å². The lowest BCUT2D eigenvalue weighted by molar-refractivity contribution is 0.0679. The Balaban J connectivity index is 1.53. The SMILES string of the molecule is CC(C)(C)NC(=O)c1ccc(NC(=O)c2ccc(OC[C@@H]3CCCO3)cc2)cc1. The average molecular weight is 396 g/mol. The van der Waals surface area contributed by atoms with Crippen molar-refractivity contribution < 1.29 is 19.1 Å². The molecule has 1 heterocycles. The van der Waals surface area contributed by atoms with Crippen molar-refractivity contribution in [3.05, 3.63) is 59.7 Å². The highest BCUT2D eigenvalue weighted by molar-refractivity contribution is 6.04. The molecule has 0 aromatic heterocycles. The molecule has 1 fully saturated rings. The van der Waals surface area contributed by atoms with Crippen LogP contribution in [0.1, 0.15) is 54.3 Å². The van der Waals surface area contributed by atoms with Gasteiger partial charge in [-0.3, -0.25) is 9.59 Å². The van der Waals surface area contributed by atoms with Gasteiger partial charge in [0.1, 0.15) is 12.4 Å². The molecule has 6 nitrogen and oxygen atoms in total. The lowest BCUT2D eigenvalue weighted by atomic mass is 10.1. The summed E-state index contributed by atoms with van der Waals surface area (Å²) in [5.41, 5.74) is 1.40. The summed E-state index contributed by atoms with van der Waals surface area (Å²) in [6, 6.07) is 13.8. The Hall–Kier alpha value is -2.86. The first-order valence-electron chi connectivity index (χ1n) is 9.88. The van der Waals surface area contributed by atoms with Crippen LogP contribution in [-0.4, -0.2) is 36.7 Å². The van der Waals surface area contributed by atoms with Gasteiger partial charge >= 0.3 is 0 Å². The summed E-state index contributed by atoms with van der Waals surface area (Å²) >= 11 is 0. The van der Waals surface area contributed by atoms with Crippen LogP contribution in [0.2, 0.25) is 0 Å². The highest BCUT2D eigenvalue weighted by atomic mass is 16.5. The van der Waals surface area contributed by atoms with E-state index in [1.54, 1.807) is 48.5 Å². The van der Waals surface area contributed by atoms with Gasteiger partial charge in [0.05, 0.1) is 6.10 Å². The van der Waals surface area contributed by atoms with E-state index < -0.39 is 0 Å². The van der Waals surface area contributed by atoms with Gasteiger partial charge in [0, 0.05) is 29.0 Å². The van der Waals surface area contributed by atoms with Crippen LogP contribution in [0, 0.1) is 0 Å². The number of hydrogen-bond donors (Lipinski definition) is 2. The van der Waals surface area contributed by atoms with Crippen molar-refractivity contribution in [2.24, 2.45) is 0 Å². The van der Waals surface area contributed by atoms with Crippen LogP contribution in [-0.2, 0) is 4.74 Å². The van der Waals surface area contributed by atoms with Gasteiger partial charge in [-0.25, -0.2) is 0 Å². The molecule has 1 aliphatic rings. The van der Waals surface area contributed by atoms with Crippen LogP contribution in [0.5, 0.6) is 5.75 Å². The number of benzene rings is 2. The average Bonchev–Trinajstić information content (AvgIpc) is 3.19. The maximum Gasteiger partial charge on any atom is 0.255 e. The molecule has 3 rings (SSSR count). The van der Waals surface area contributed by atoms with Crippen LogP contribution in [0.25, 0.3) is 0 Å². The molecule has 2 amide bonds. The Labute approximate surface area is 171 Å². The summed E-state index contributed by atoms with van der Waals surface area (Å²) in [6.45, 7) is 7.12. The zero-order valence-electron chi connectivity index (χ0n) is 17.2. The molecule has 154 valence electrons. The van der Waals surface area contributed by atoms with E-state index in [2.05, 4.69) is 10.6 Å². The zero-order valence-corrected chi connectivity index (χ0v) is 17.2. The van der Waals surface area contributed by atoms with Crippen LogP contribution in [0.3, 0.4) is 0 Å². The van der Waals surface area contributed by atoms with Crippen molar-refractivity contribution in [2.75, 3.05) is 18.5 Å². The minimum Gasteiger partial charge on any atom is -0.491 e. The molecule has 0 unspecified atom stereocenters. The molecule has 0 aliphatic carbocycles. The van der Waals surface area contributed by atoms with Crippen LogP contribution in [0.15, 0.2) is 48.5 Å². The Kier molecular flexibility index (Phi) is 6.54. The fourth-order valence-electron chi connectivity index (χ4n) is 2.99. The molecular formula is C23H28N2O4. The summed E-state index contributed by atoms with van der Waals surface area (Å²) in [5, 5.41) is 5.75. The lowest BCUT2D eigenvalue weighted by Gasteiger charge is -2.20. The topological polar surface area (TPSA) is 76.7 Å². The molecule has 2 aromatic rings. The molecular weight excluding hydrogens is 368 g/mol. The van der Waals surface area contributed by atoms with Crippen molar-refractivity contribution in [3.63, 3.8) is 0 Å². The van der Waals surface area contributed by atoms with E-state index in [0.717, 1.165) is 19.4 Å². The van der Waals surface area contributed by atoms with Gasteiger partial charge in [-0.1, -0.05) is 0 Å². The minimum absolute atomic E-state index is 0.144. The van der Waals surface area contributed by atoms with Crippen molar-refractivity contribution in [1.82, 2.24) is 5.32 Å². The van der Waals surface area contributed by atoms with E-state index >= 15 is 0 Å². The van der Waals surface area contributed by atoms with Gasteiger partial charge in [0.2, 0.25) is 0 Å². The quantitative estimate of drug-likeness (QED) is 0.773. The summed E-state index contributed by atoms with van der Waals surface area (Å²) in [7, 11) is 0. The fraction of sp³-hybridized carbons (Fsp3) is 0.391. The molecule has 1 saturated heterocycles. The summed E-state index contributed by atoms with van der Waals surface area (Å²) < 4.78 is 11.3. The molecule has 6 heteroatoms. The first-order valence-corrected chi connectivity index (χ1v) is 9.88. The van der Waals surface area contributed by atoms with Gasteiger partial charge in [0.15, 0.2) is 0 Å². The highest BCUT2D eigenvalue weighted by Crippen LogP contribution is 2.18. The first kappa shape index (κ1) is 20.9. The maximum absolute atomic E-state index is 12.4. The number of amides is 2. The van der Waals surface area contributed by atoms with Gasteiger partial charge < -0.3 is 20.1 Å². The number of carbonyl (C=O) groups excluding carboxylic acids is 2. The van der Waals surface area contributed by atoms with E-state index in [1.165, 1.54) is 0 Å². The normalized spacial score (nSPS) is 16.3. The number of nitrogens with one attached hydrogen (secondary N) is 2. The zero-order chi connectivity index (χ0) is 20.9. The minimum atomic E-state index is -0.302. The van der Waals surface area contributed by atoms with Gasteiger partial charge in [0.25, 0.3) is 11.8 Å². The third-order valence-corrected chi connectivity index (χ3v) is 4.47. The largest absolute Gasteiger partial charge is 0.491 e. The van der Waals surface area contributed by atoms with E-state index in [0.29, 0.717) is 29.2 Å². The van der Waals surface area contributed by atoms with Gasteiger partial charge in [-0.05, 0) is 82.1 Å². The number of ether oxygens (including phenoxy) is 2. The second-order valence-electron chi connectivity index (χ2n) is 8.21. The Morgan fingerprint density at radius 1 is 1.00 bits per heavy atom. The fourth-order valence-corrected chi connectivity index (χ4v) is 2.99. The molecule has 1 atom stereocenters. The summed E-state index contributed by atoms with van der Waals surface area (Å²) in [4.78, 5) is 24.6. The standard InChI is InChI=1S/C23H28N2O4/c1-23(2,3)25-22(27)17-6-10-18(11-7-17)24-21(26)16-8-12-19(13-9-16)29-15-20-5-4-14-28-20/h6-13,20H,4-5,14-15H2,1-3H3,(H,24,26)(H,25,27)/t20-/m0/s1. The molecule has 0 spiro atoms. The van der Waals surface area contributed by atoms with E-state index in [1.807, 2.05) is 20.8 Å². The number of rotatable bonds is 6. The van der Waals surface area contributed by atoms with E-state index in [-0.39, 0.29) is 23.5 Å². The van der Waals surface area contributed by atoms with Crippen LogP contribution >= 0.6 is 0 Å². The second-order valence-corrected chi connectivity index (χ2v) is 8.21. The molecule has 29 heavy (non-hydrogen) atoms. The number of anilines is 1. The first-order chi connectivity index (χ1) is 13.8. The lowest BCUT2D eigenvalue weighted by Crippen LogP contribution is -2.40. The molecule has 2 N–H and O–H groups in total. The maximum atomic E-state index is 12.4. The van der Waals surface area contributed by atoms with Gasteiger partial charge in [-0.2, -0.15) is 0 Å². The third-order valence-electron chi connectivity index (χ3n) is 4.47. The predicted molar refractivity (Wildman–Crippen MR) is 113 cm³/mol. The van der Waals surface area contributed by atoms with Crippen LogP contribution < -0.4 is 15.4 Å². The number of hydrogen-bond acceptors (Lipinski definition) is 4. The highest BCUT2D eigenvalue weighted by Gasteiger charge is 2.17. The van der Waals surface area contributed by atoms with Crippen molar-refractivity contribution >= 4 is 17.5 Å². The predicted octanol–water partition coefficient (Wildman–Crippen LogP) is 4.03. The van der Waals surface area contributed by atoms with Crippen molar-refractivity contribution in [2.45, 2.75) is 45.3 Å². The van der Waals surface area contributed by atoms with E-state index in [9.17, 15) is 9.59 Å². The number of carbonyl (C=O) groups is 2. The Bertz CT molecular complexity index is 833.